The molecule has 0 atom stereocenters. The third-order valence-corrected chi connectivity index (χ3v) is 1.92. The Kier molecular flexibility index (Phi) is 2.79. The minimum absolute atomic E-state index is 0.0147. The highest BCUT2D eigenvalue weighted by Gasteiger charge is 2.13. The van der Waals surface area contributed by atoms with Crippen LogP contribution in [0.4, 0.5) is 0 Å². The molecule has 0 radical (unpaired) electrons. The lowest BCUT2D eigenvalue weighted by Crippen LogP contribution is -2.21. The predicted octanol–water partition coefficient (Wildman–Crippen LogP) is 1.74. The van der Waals surface area contributed by atoms with Gasteiger partial charge in [-0.25, -0.2) is 0 Å². The number of carbonyl (C=O) groups is 1. The maximum atomic E-state index is 10.6. The van der Waals surface area contributed by atoms with Gasteiger partial charge in [0.15, 0.2) is 0 Å². The lowest BCUT2D eigenvalue weighted by molar-refractivity contribution is -0.113. The van der Waals surface area contributed by atoms with Gasteiger partial charge in [0.05, 0.1) is 0 Å². The van der Waals surface area contributed by atoms with Gasteiger partial charge in [-0.05, 0) is 39.0 Å². The van der Waals surface area contributed by atoms with Gasteiger partial charge in [-0.15, -0.1) is 0 Å². The van der Waals surface area contributed by atoms with E-state index in [4.69, 9.17) is 5.73 Å². The van der Waals surface area contributed by atoms with E-state index >= 15 is 0 Å². The molecule has 3 nitrogen and oxygen atoms in total. The van der Waals surface area contributed by atoms with Crippen molar-refractivity contribution in [3.8, 4) is 0 Å². The van der Waals surface area contributed by atoms with E-state index in [0.717, 1.165) is 5.69 Å². The van der Waals surface area contributed by atoms with Gasteiger partial charge in [-0.2, -0.15) is 0 Å². The average molecular weight is 192 g/mol. The molecule has 0 fully saturated rings. The average Bonchev–Trinajstić information content (AvgIpc) is 2.46. The van der Waals surface area contributed by atoms with Crippen molar-refractivity contribution >= 4 is 12.0 Å². The molecule has 0 aromatic carbocycles. The summed E-state index contributed by atoms with van der Waals surface area (Å²) in [6.07, 6.45) is 5.09. The third kappa shape index (κ3) is 2.49. The molecule has 0 bridgehead atoms. The second kappa shape index (κ2) is 3.70. The third-order valence-electron chi connectivity index (χ3n) is 1.92. The Hall–Kier alpha value is -1.51. The molecule has 0 aliphatic rings. The molecule has 0 spiro atoms. The molecule has 1 aromatic rings. The summed E-state index contributed by atoms with van der Waals surface area (Å²) in [5.74, 6) is -0.424. The van der Waals surface area contributed by atoms with Crippen LogP contribution in [0.1, 0.15) is 26.5 Å². The smallest absolute Gasteiger partial charge is 0.241 e. The fourth-order valence-electron chi connectivity index (χ4n) is 1.31. The summed E-state index contributed by atoms with van der Waals surface area (Å²) in [7, 11) is 0. The molecule has 1 heterocycles. The summed E-state index contributed by atoms with van der Waals surface area (Å²) in [6.45, 7) is 6.32. The first kappa shape index (κ1) is 10.6. The zero-order valence-electron chi connectivity index (χ0n) is 8.82. The highest BCUT2D eigenvalue weighted by molar-refractivity contribution is 5.90. The molecule has 1 aromatic heterocycles. The molecule has 3 heteroatoms. The normalized spacial score (nSPS) is 12.2. The molecular formula is C11H16N2O. The van der Waals surface area contributed by atoms with Crippen molar-refractivity contribution in [2.45, 2.75) is 26.3 Å². The van der Waals surface area contributed by atoms with Crippen molar-refractivity contribution in [2.24, 2.45) is 5.73 Å². The second-order valence-electron chi connectivity index (χ2n) is 4.21. The van der Waals surface area contributed by atoms with Crippen molar-refractivity contribution in [3.05, 3.63) is 30.1 Å². The van der Waals surface area contributed by atoms with E-state index in [1.807, 2.05) is 18.3 Å². The van der Waals surface area contributed by atoms with E-state index in [9.17, 15) is 4.79 Å². The van der Waals surface area contributed by atoms with Crippen LogP contribution < -0.4 is 5.73 Å². The van der Waals surface area contributed by atoms with Gasteiger partial charge in [0.2, 0.25) is 5.91 Å². The zero-order chi connectivity index (χ0) is 10.8. The Morgan fingerprint density at radius 1 is 1.50 bits per heavy atom. The molecule has 0 unspecified atom stereocenters. The predicted molar refractivity (Wildman–Crippen MR) is 57.7 cm³/mol. The number of primary amides is 1. The molecule has 14 heavy (non-hydrogen) atoms. The van der Waals surface area contributed by atoms with Gasteiger partial charge < -0.3 is 10.3 Å². The van der Waals surface area contributed by atoms with E-state index in [1.54, 1.807) is 6.08 Å². The quantitative estimate of drug-likeness (QED) is 0.713. The Morgan fingerprint density at radius 2 is 2.14 bits per heavy atom. The van der Waals surface area contributed by atoms with E-state index in [1.165, 1.54) is 6.08 Å². The SMILES string of the molecule is CC(C)(C)n1cccc1/C=C\C(N)=O. The van der Waals surface area contributed by atoms with Crippen LogP contribution in [0.5, 0.6) is 0 Å². The van der Waals surface area contributed by atoms with Gasteiger partial charge in [0.25, 0.3) is 0 Å². The zero-order valence-corrected chi connectivity index (χ0v) is 8.82. The lowest BCUT2D eigenvalue weighted by Gasteiger charge is -2.23. The van der Waals surface area contributed by atoms with Crippen molar-refractivity contribution in [1.29, 1.82) is 0 Å². The molecule has 0 saturated carbocycles. The number of hydrogen-bond acceptors (Lipinski definition) is 1. The molecular weight excluding hydrogens is 176 g/mol. The number of nitrogens with zero attached hydrogens (tertiary/aromatic N) is 1. The summed E-state index contributed by atoms with van der Waals surface area (Å²) in [6, 6.07) is 3.90. The molecule has 2 N–H and O–H groups in total. The van der Waals surface area contributed by atoms with E-state index < -0.39 is 5.91 Å². The van der Waals surface area contributed by atoms with Gasteiger partial charge in [0.1, 0.15) is 0 Å². The van der Waals surface area contributed by atoms with Gasteiger partial charge in [-0.3, -0.25) is 4.79 Å². The summed E-state index contributed by atoms with van der Waals surface area (Å²) in [4.78, 5) is 10.6. The van der Waals surface area contributed by atoms with E-state index in [0.29, 0.717) is 0 Å². The van der Waals surface area contributed by atoms with E-state index in [-0.39, 0.29) is 5.54 Å². The van der Waals surface area contributed by atoms with Crippen molar-refractivity contribution in [2.75, 3.05) is 0 Å². The van der Waals surface area contributed by atoms with Crippen LogP contribution in [0.3, 0.4) is 0 Å². The summed E-state index contributed by atoms with van der Waals surface area (Å²) in [5.41, 5.74) is 6.03. The Balaban J connectivity index is 3.00. The number of amides is 1. The van der Waals surface area contributed by atoms with Crippen LogP contribution in [0, 0.1) is 0 Å². The van der Waals surface area contributed by atoms with Crippen LogP contribution in [0.25, 0.3) is 6.08 Å². The fourth-order valence-corrected chi connectivity index (χ4v) is 1.31. The Labute approximate surface area is 84.2 Å². The van der Waals surface area contributed by atoms with Crippen LogP contribution >= 0.6 is 0 Å². The number of nitrogens with two attached hydrogens (primary N) is 1. The monoisotopic (exact) mass is 192 g/mol. The highest BCUT2D eigenvalue weighted by atomic mass is 16.1. The topological polar surface area (TPSA) is 48.0 Å². The first-order valence-electron chi connectivity index (χ1n) is 4.56. The standard InChI is InChI=1S/C11H16N2O/c1-11(2,3)13-8-4-5-9(13)6-7-10(12)14/h4-8H,1-3H3,(H2,12,14)/b7-6-. The van der Waals surface area contributed by atoms with Crippen molar-refractivity contribution in [3.63, 3.8) is 0 Å². The van der Waals surface area contributed by atoms with Crippen LogP contribution in [-0.2, 0) is 10.3 Å². The Bertz CT molecular complexity index is 356. The molecule has 76 valence electrons. The van der Waals surface area contributed by atoms with Gasteiger partial charge in [0, 0.05) is 23.5 Å². The largest absolute Gasteiger partial charge is 0.366 e. The Morgan fingerprint density at radius 3 is 2.64 bits per heavy atom. The highest BCUT2D eigenvalue weighted by Crippen LogP contribution is 2.18. The van der Waals surface area contributed by atoms with Crippen LogP contribution in [-0.4, -0.2) is 10.5 Å². The minimum atomic E-state index is -0.424. The van der Waals surface area contributed by atoms with Gasteiger partial charge in [-0.1, -0.05) is 0 Å². The number of carbonyl (C=O) groups excluding carboxylic acids is 1. The minimum Gasteiger partial charge on any atom is -0.366 e. The van der Waals surface area contributed by atoms with Gasteiger partial charge >= 0.3 is 0 Å². The second-order valence-corrected chi connectivity index (χ2v) is 4.21. The number of aromatic nitrogens is 1. The first-order chi connectivity index (χ1) is 6.41. The van der Waals surface area contributed by atoms with Crippen LogP contribution in [0.2, 0.25) is 0 Å². The molecule has 0 saturated heterocycles. The molecule has 1 amide bonds. The fraction of sp³-hybridized carbons (Fsp3) is 0.364. The summed E-state index contributed by atoms with van der Waals surface area (Å²) >= 11 is 0. The van der Waals surface area contributed by atoms with Crippen molar-refractivity contribution in [1.82, 2.24) is 4.57 Å². The number of rotatable bonds is 2. The van der Waals surface area contributed by atoms with E-state index in [2.05, 4.69) is 25.3 Å². The lowest BCUT2D eigenvalue weighted by atomic mass is 10.1. The summed E-state index contributed by atoms with van der Waals surface area (Å²) < 4.78 is 2.09. The number of hydrogen-bond donors (Lipinski definition) is 1. The molecule has 0 aliphatic heterocycles. The first-order valence-corrected chi connectivity index (χ1v) is 4.56. The maximum Gasteiger partial charge on any atom is 0.241 e. The molecule has 1 rings (SSSR count). The molecule has 0 aliphatic carbocycles. The van der Waals surface area contributed by atoms with Crippen LogP contribution in [0.15, 0.2) is 24.4 Å². The summed E-state index contributed by atoms with van der Waals surface area (Å²) in [5, 5.41) is 0. The maximum absolute atomic E-state index is 10.6. The van der Waals surface area contributed by atoms with Crippen molar-refractivity contribution < 1.29 is 4.79 Å².